The van der Waals surface area contributed by atoms with Crippen LogP contribution in [0, 0.1) is 3.57 Å². The molecule has 0 amide bonds. The summed E-state index contributed by atoms with van der Waals surface area (Å²) in [5, 5.41) is 1.29. The van der Waals surface area contributed by atoms with Gasteiger partial charge in [0.1, 0.15) is 0 Å². The highest BCUT2D eigenvalue weighted by atomic mass is 127. The molecule has 3 rings (SSSR count). The van der Waals surface area contributed by atoms with Crippen molar-refractivity contribution >= 4 is 39.7 Å². The molecule has 0 unspecified atom stereocenters. The third-order valence-electron chi connectivity index (χ3n) is 3.70. The summed E-state index contributed by atoms with van der Waals surface area (Å²) >= 11 is 2.44. The van der Waals surface area contributed by atoms with Crippen LogP contribution < -0.4 is 0 Å². The first kappa shape index (κ1) is 16.2. The summed E-state index contributed by atoms with van der Waals surface area (Å²) in [5.41, 5.74) is 3.67. The molecule has 118 valence electrons. The fourth-order valence-electron chi connectivity index (χ4n) is 2.60. The van der Waals surface area contributed by atoms with Gasteiger partial charge in [-0.1, -0.05) is 48.5 Å². The van der Waals surface area contributed by atoms with E-state index < -0.39 is 0 Å². The molecule has 0 bridgehead atoms. The highest BCUT2D eigenvalue weighted by molar-refractivity contribution is 14.1. The summed E-state index contributed by atoms with van der Waals surface area (Å²) in [5.74, 6) is 0. The molecule has 0 N–H and O–H groups in total. The Bertz CT molecular complexity index is 839. The number of hydrogen-bond acceptors (Lipinski definition) is 1. The van der Waals surface area contributed by atoms with E-state index >= 15 is 0 Å². The maximum Gasteiger partial charge on any atom is 0.0738 e. The highest BCUT2D eigenvalue weighted by Crippen LogP contribution is 2.28. The Balaban J connectivity index is 2.15. The zero-order valence-electron chi connectivity index (χ0n) is 13.8. The Morgan fingerprint density at radius 1 is 1.00 bits per heavy atom. The van der Waals surface area contributed by atoms with E-state index in [4.69, 9.17) is 4.99 Å². The third kappa shape index (κ3) is 3.66. The molecule has 0 aliphatic heterocycles. The summed E-state index contributed by atoms with van der Waals surface area (Å²) in [4.78, 5) is 4.73. The molecule has 0 radical (unpaired) electrons. The molecule has 0 saturated heterocycles. The maximum atomic E-state index is 4.73. The van der Waals surface area contributed by atoms with Crippen LogP contribution in [-0.4, -0.2) is 16.3 Å². The molecule has 23 heavy (non-hydrogen) atoms. The van der Waals surface area contributed by atoms with Crippen molar-refractivity contribution in [2.24, 2.45) is 4.99 Å². The van der Waals surface area contributed by atoms with Gasteiger partial charge in [0.05, 0.1) is 11.2 Å². The minimum absolute atomic E-state index is 0.0723. The van der Waals surface area contributed by atoms with Crippen molar-refractivity contribution in [3.63, 3.8) is 0 Å². The predicted molar refractivity (Wildman–Crippen MR) is 108 cm³/mol. The van der Waals surface area contributed by atoms with Crippen molar-refractivity contribution in [3.05, 3.63) is 69.4 Å². The lowest BCUT2D eigenvalue weighted by Crippen LogP contribution is -2.12. The zero-order chi connectivity index (χ0) is 16.4. The maximum absolute atomic E-state index is 4.73. The normalized spacial score (nSPS) is 12.3. The Morgan fingerprint density at radius 2 is 1.65 bits per heavy atom. The van der Waals surface area contributed by atoms with Crippen LogP contribution in [0.1, 0.15) is 32.0 Å². The van der Waals surface area contributed by atoms with Gasteiger partial charge in [-0.15, -0.1) is 0 Å². The molecule has 1 heterocycles. The average molecular weight is 416 g/mol. The van der Waals surface area contributed by atoms with Crippen LogP contribution in [0.5, 0.6) is 0 Å². The van der Waals surface area contributed by atoms with Gasteiger partial charge in [-0.05, 0) is 55.0 Å². The van der Waals surface area contributed by atoms with E-state index in [2.05, 4.69) is 103 Å². The van der Waals surface area contributed by atoms with Gasteiger partial charge >= 0.3 is 0 Å². The fourth-order valence-corrected chi connectivity index (χ4v) is 3.48. The summed E-state index contributed by atoms with van der Waals surface area (Å²) in [7, 11) is 0. The Morgan fingerprint density at radius 3 is 2.35 bits per heavy atom. The minimum Gasteiger partial charge on any atom is -0.334 e. The SMILES string of the molecule is CC(C)(C)N=Cc1c(I)c2ccccc2n1Cc1ccccc1. The molecule has 0 fully saturated rings. The molecular formula is C20H21IN2. The smallest absolute Gasteiger partial charge is 0.0738 e. The summed E-state index contributed by atoms with van der Waals surface area (Å²) < 4.78 is 3.63. The van der Waals surface area contributed by atoms with E-state index in [1.54, 1.807) is 0 Å². The summed E-state index contributed by atoms with van der Waals surface area (Å²) in [6.45, 7) is 7.23. The van der Waals surface area contributed by atoms with Crippen LogP contribution >= 0.6 is 22.6 Å². The lowest BCUT2D eigenvalue weighted by atomic mass is 10.1. The second kappa shape index (κ2) is 6.48. The van der Waals surface area contributed by atoms with Crippen LogP contribution in [0.3, 0.4) is 0 Å². The number of aromatic nitrogens is 1. The summed E-state index contributed by atoms with van der Waals surface area (Å²) in [6, 6.07) is 19.2. The van der Waals surface area contributed by atoms with Gasteiger partial charge in [0, 0.05) is 27.2 Å². The molecule has 3 aromatic rings. The van der Waals surface area contributed by atoms with Crippen LogP contribution in [0.2, 0.25) is 0 Å². The van der Waals surface area contributed by atoms with E-state index in [0.29, 0.717) is 0 Å². The van der Waals surface area contributed by atoms with Crippen LogP contribution in [0.25, 0.3) is 10.9 Å². The first-order valence-electron chi connectivity index (χ1n) is 7.81. The van der Waals surface area contributed by atoms with Crippen molar-refractivity contribution in [2.75, 3.05) is 0 Å². The molecular weight excluding hydrogens is 395 g/mol. The molecule has 1 aromatic heterocycles. The van der Waals surface area contributed by atoms with Crippen molar-refractivity contribution in [3.8, 4) is 0 Å². The average Bonchev–Trinajstić information content (AvgIpc) is 2.79. The number of hydrogen-bond donors (Lipinski definition) is 0. The number of rotatable bonds is 3. The van der Waals surface area contributed by atoms with Crippen molar-refractivity contribution < 1.29 is 0 Å². The predicted octanol–water partition coefficient (Wildman–Crippen LogP) is 5.51. The number of halogens is 1. The van der Waals surface area contributed by atoms with Crippen molar-refractivity contribution in [2.45, 2.75) is 32.9 Å². The number of benzene rings is 2. The fraction of sp³-hybridized carbons (Fsp3) is 0.250. The molecule has 0 aliphatic rings. The standard InChI is InChI=1S/C20H21IN2/c1-20(2,3)22-13-18-19(21)16-11-7-8-12-17(16)23(18)14-15-9-5-4-6-10-15/h4-13H,14H2,1-3H3. The first-order chi connectivity index (χ1) is 11.0. The van der Waals surface area contributed by atoms with Crippen molar-refractivity contribution in [1.82, 2.24) is 4.57 Å². The molecule has 3 heteroatoms. The van der Waals surface area contributed by atoms with Crippen LogP contribution in [-0.2, 0) is 6.54 Å². The largest absolute Gasteiger partial charge is 0.334 e. The second-order valence-electron chi connectivity index (χ2n) is 6.72. The van der Waals surface area contributed by atoms with Gasteiger partial charge < -0.3 is 4.57 Å². The number of aliphatic imine (C=N–C) groups is 1. The zero-order valence-corrected chi connectivity index (χ0v) is 15.9. The van der Waals surface area contributed by atoms with Gasteiger partial charge in [-0.25, -0.2) is 0 Å². The van der Waals surface area contributed by atoms with Crippen LogP contribution in [0.4, 0.5) is 0 Å². The van der Waals surface area contributed by atoms with Gasteiger partial charge in [0.2, 0.25) is 0 Å². The van der Waals surface area contributed by atoms with Crippen LogP contribution in [0.15, 0.2) is 59.6 Å². The Kier molecular flexibility index (Phi) is 4.57. The summed E-state index contributed by atoms with van der Waals surface area (Å²) in [6.07, 6.45) is 2.03. The van der Waals surface area contributed by atoms with Gasteiger partial charge in [-0.3, -0.25) is 4.99 Å². The monoisotopic (exact) mass is 416 g/mol. The quantitative estimate of drug-likeness (QED) is 0.396. The van der Waals surface area contributed by atoms with Crippen molar-refractivity contribution in [1.29, 1.82) is 0 Å². The Labute approximate surface area is 151 Å². The van der Waals surface area contributed by atoms with E-state index in [1.165, 1.54) is 25.7 Å². The lowest BCUT2D eigenvalue weighted by molar-refractivity contribution is 0.586. The molecule has 0 spiro atoms. The number of fused-ring (bicyclic) bond motifs is 1. The topological polar surface area (TPSA) is 17.3 Å². The van der Waals surface area contributed by atoms with E-state index in [9.17, 15) is 0 Å². The van der Waals surface area contributed by atoms with Gasteiger partial charge in [0.25, 0.3) is 0 Å². The second-order valence-corrected chi connectivity index (χ2v) is 7.80. The Hall–Kier alpha value is -1.62. The molecule has 2 nitrogen and oxygen atoms in total. The van der Waals surface area contributed by atoms with Gasteiger partial charge in [0.15, 0.2) is 0 Å². The lowest BCUT2D eigenvalue weighted by Gasteiger charge is -2.13. The third-order valence-corrected chi connectivity index (χ3v) is 4.84. The van der Waals surface area contributed by atoms with E-state index in [1.807, 2.05) is 6.21 Å². The van der Waals surface area contributed by atoms with Gasteiger partial charge in [-0.2, -0.15) is 0 Å². The van der Waals surface area contributed by atoms with E-state index in [-0.39, 0.29) is 5.54 Å². The minimum atomic E-state index is -0.0723. The number of para-hydroxylation sites is 1. The van der Waals surface area contributed by atoms with E-state index in [0.717, 1.165) is 6.54 Å². The highest BCUT2D eigenvalue weighted by Gasteiger charge is 2.15. The molecule has 0 atom stereocenters. The molecule has 0 saturated carbocycles. The molecule has 0 aliphatic carbocycles. The molecule has 2 aromatic carbocycles. The number of nitrogens with zero attached hydrogens (tertiary/aromatic N) is 2. The first-order valence-corrected chi connectivity index (χ1v) is 8.89.